The number of alkyl halides is 3. The zero-order valence-corrected chi connectivity index (χ0v) is 33.4. The van der Waals surface area contributed by atoms with Crippen molar-refractivity contribution in [3.8, 4) is 28.5 Å². The predicted molar refractivity (Wildman–Crippen MR) is 215 cm³/mol. The van der Waals surface area contributed by atoms with Gasteiger partial charge in [0.2, 0.25) is 0 Å². The number of aliphatic imine (C=N–C) groups is 1. The van der Waals surface area contributed by atoms with E-state index in [0.29, 0.717) is 17.3 Å². The maximum atomic E-state index is 17.5. The van der Waals surface area contributed by atoms with Crippen molar-refractivity contribution in [2.45, 2.75) is 51.0 Å². The van der Waals surface area contributed by atoms with Gasteiger partial charge in [-0.1, -0.05) is 48.0 Å². The largest absolute Gasteiger partial charge is 0.497 e. The fourth-order valence-corrected chi connectivity index (χ4v) is 8.79. The van der Waals surface area contributed by atoms with Gasteiger partial charge >= 0.3 is 12.1 Å². The highest BCUT2D eigenvalue weighted by Gasteiger charge is 2.47. The van der Waals surface area contributed by atoms with Crippen molar-refractivity contribution in [2.24, 2.45) is 4.99 Å². The van der Waals surface area contributed by atoms with Crippen molar-refractivity contribution in [3.63, 3.8) is 0 Å². The number of hydrogen-bond acceptors (Lipinski definition) is 10. The quantitative estimate of drug-likeness (QED) is 0.118. The van der Waals surface area contributed by atoms with Gasteiger partial charge in [0.25, 0.3) is 0 Å². The minimum absolute atomic E-state index is 0.0250. The number of nitrogens with zero attached hydrogens (tertiary/aromatic N) is 5. The highest BCUT2D eigenvalue weighted by atomic mass is 35.5. The number of methoxy groups -OCH3 is 2. The van der Waals surface area contributed by atoms with Gasteiger partial charge in [-0.3, -0.25) is 4.90 Å². The average molecular weight is 819 g/mol. The van der Waals surface area contributed by atoms with Crippen LogP contribution in [0.5, 0.6) is 17.2 Å². The van der Waals surface area contributed by atoms with Gasteiger partial charge in [0.15, 0.2) is 11.6 Å². The number of nitrogens with one attached hydrogen (secondary N) is 1. The van der Waals surface area contributed by atoms with Crippen LogP contribution in [0.1, 0.15) is 47.1 Å². The lowest BCUT2D eigenvalue weighted by Crippen LogP contribution is -2.42. The molecule has 4 aliphatic rings. The molecule has 3 aromatic carbocycles. The number of hydrogen-bond donors (Lipinski definition) is 1. The molecule has 1 atom stereocenters. The van der Waals surface area contributed by atoms with Crippen LogP contribution in [-0.4, -0.2) is 73.8 Å². The van der Waals surface area contributed by atoms with E-state index in [-0.39, 0.29) is 71.3 Å². The number of aromatic nitrogens is 1. The van der Waals surface area contributed by atoms with Crippen molar-refractivity contribution in [1.29, 1.82) is 0 Å². The van der Waals surface area contributed by atoms with Crippen LogP contribution in [0.25, 0.3) is 11.3 Å². The lowest BCUT2D eigenvalue weighted by Gasteiger charge is -2.31. The molecule has 0 radical (unpaired) electrons. The maximum Gasteiger partial charge on any atom is 0.418 e. The molecule has 0 saturated carbocycles. The van der Waals surface area contributed by atoms with Crippen molar-refractivity contribution >= 4 is 28.9 Å². The molecular weight excluding hydrogens is 776 g/mol. The molecule has 1 aromatic heterocycles. The van der Waals surface area contributed by atoms with E-state index in [4.69, 9.17) is 30.5 Å². The van der Waals surface area contributed by atoms with Gasteiger partial charge in [-0.15, -0.1) is 0 Å². The van der Waals surface area contributed by atoms with Gasteiger partial charge in [0.05, 0.1) is 59.1 Å². The molecule has 0 bridgehead atoms. The van der Waals surface area contributed by atoms with Crippen LogP contribution in [0.2, 0.25) is 5.02 Å². The van der Waals surface area contributed by atoms with Gasteiger partial charge in [0, 0.05) is 26.7 Å². The Morgan fingerprint density at radius 1 is 1.02 bits per heavy atom. The number of aryl methyl sites for hydroxylation is 1. The molecule has 10 nitrogen and oxygen atoms in total. The second-order valence-corrected chi connectivity index (χ2v) is 15.5. The zero-order valence-electron chi connectivity index (χ0n) is 32.6. The monoisotopic (exact) mass is 818 g/mol. The molecule has 304 valence electrons. The summed E-state index contributed by atoms with van der Waals surface area (Å²) in [6.07, 6.45) is -0.713. The molecule has 58 heavy (non-hydrogen) atoms. The van der Waals surface area contributed by atoms with E-state index < -0.39 is 28.8 Å². The van der Waals surface area contributed by atoms with E-state index in [1.54, 1.807) is 56.6 Å². The number of ether oxygens (including phenoxy) is 4. The van der Waals surface area contributed by atoms with E-state index in [2.05, 4.69) is 26.8 Å². The number of amidine groups is 1. The second kappa shape index (κ2) is 15.4. The summed E-state index contributed by atoms with van der Waals surface area (Å²) in [5, 5.41) is 2.77. The standard InChI is InChI=1S/C43H43ClF4N6O4/c1-25-18-42(15-6-16-54(42)19-25)23-57-32-22-52(3)41-34-39(49-24-50-41)36(44)33(37(45)40(34)58-32)38-35(43(46,47)48)26(2)17-31(51-38)53(20-27-7-11-29(55-4)12-8-27)21-28-9-13-30(56-5)14-10-28/h7-14,17,22,49H,1,6,15-16,18-21,23-24H2,2-5H3/t42-/m0/s1. The Balaban J connectivity index is 1.25. The van der Waals surface area contributed by atoms with Crippen LogP contribution in [0, 0.1) is 12.7 Å². The Hall–Kier alpha value is -5.47. The molecule has 2 saturated heterocycles. The molecular formula is C43H43ClF4N6O4. The molecule has 4 aliphatic heterocycles. The third kappa shape index (κ3) is 7.28. The van der Waals surface area contributed by atoms with E-state index in [1.807, 2.05) is 29.2 Å². The van der Waals surface area contributed by atoms with Crippen molar-refractivity contribution in [3.05, 3.63) is 118 Å². The summed E-state index contributed by atoms with van der Waals surface area (Å²) in [5.74, 6) is 0.235. The summed E-state index contributed by atoms with van der Waals surface area (Å²) >= 11 is 7.03. The second-order valence-electron chi connectivity index (χ2n) is 15.1. The summed E-state index contributed by atoms with van der Waals surface area (Å²) < 4.78 is 86.4. The Labute approximate surface area is 339 Å². The van der Waals surface area contributed by atoms with Crippen LogP contribution < -0.4 is 24.4 Å². The highest BCUT2D eigenvalue weighted by molar-refractivity contribution is 6.37. The minimum Gasteiger partial charge on any atom is -0.497 e. The lowest BCUT2D eigenvalue weighted by molar-refractivity contribution is -0.137. The molecule has 0 aliphatic carbocycles. The molecule has 0 spiro atoms. The Morgan fingerprint density at radius 3 is 2.29 bits per heavy atom. The summed E-state index contributed by atoms with van der Waals surface area (Å²) in [7, 11) is 4.84. The molecule has 0 amide bonds. The van der Waals surface area contributed by atoms with E-state index in [0.717, 1.165) is 49.1 Å². The number of rotatable bonds is 11. The molecule has 8 rings (SSSR count). The van der Waals surface area contributed by atoms with Crippen LogP contribution in [0.4, 0.5) is 29.1 Å². The topological polar surface area (TPSA) is 83.9 Å². The number of anilines is 2. The molecule has 5 heterocycles. The summed E-state index contributed by atoms with van der Waals surface area (Å²) in [6, 6.07) is 16.0. The summed E-state index contributed by atoms with van der Waals surface area (Å²) in [5.41, 5.74) is 0.303. The Morgan fingerprint density at radius 2 is 1.67 bits per heavy atom. The van der Waals surface area contributed by atoms with Crippen molar-refractivity contribution in [2.75, 3.05) is 57.8 Å². The smallest absolute Gasteiger partial charge is 0.418 e. The molecule has 1 N–H and O–H groups in total. The molecule has 4 aromatic rings. The highest BCUT2D eigenvalue weighted by Crippen LogP contribution is 2.51. The first-order chi connectivity index (χ1) is 27.8. The zero-order chi connectivity index (χ0) is 40.9. The number of fused-ring (bicyclic) bond motifs is 1. The summed E-state index contributed by atoms with van der Waals surface area (Å²) in [6.45, 7) is 7.99. The van der Waals surface area contributed by atoms with Gasteiger partial charge in [-0.25, -0.2) is 14.4 Å². The van der Waals surface area contributed by atoms with Gasteiger partial charge in [-0.05, 0) is 79.8 Å². The van der Waals surface area contributed by atoms with E-state index >= 15 is 17.6 Å². The molecule has 15 heteroatoms. The fraction of sp³-hybridized carbons (Fsp3) is 0.349. The first kappa shape index (κ1) is 39.4. The van der Waals surface area contributed by atoms with Gasteiger partial charge in [0.1, 0.15) is 36.4 Å². The minimum atomic E-state index is -4.94. The SMILES string of the molecule is C=C1CN2CCC[C@@]2(COC2=CN(C)C3=NCNc4c(Cl)c(-c5nc(N(Cc6ccc(OC)cc6)Cc6ccc(OC)cc6)cc(C)c5C(F)(F)F)c(F)c(c43)O2)C1. The fourth-order valence-electron chi connectivity index (χ4n) is 8.45. The number of pyridine rings is 1. The summed E-state index contributed by atoms with van der Waals surface area (Å²) in [4.78, 5) is 15.0. The molecule has 0 unspecified atom stereocenters. The van der Waals surface area contributed by atoms with Crippen LogP contribution >= 0.6 is 11.6 Å². The van der Waals surface area contributed by atoms with Crippen molar-refractivity contribution in [1.82, 2.24) is 14.8 Å². The van der Waals surface area contributed by atoms with E-state index in [1.165, 1.54) is 13.0 Å². The third-order valence-corrected chi connectivity index (χ3v) is 11.6. The number of benzene rings is 3. The van der Waals surface area contributed by atoms with Crippen LogP contribution in [0.3, 0.4) is 0 Å². The van der Waals surface area contributed by atoms with Gasteiger partial charge < -0.3 is 34.1 Å². The first-order valence-corrected chi connectivity index (χ1v) is 19.3. The lowest BCUT2D eigenvalue weighted by atomic mass is 9.94. The number of halogens is 5. The van der Waals surface area contributed by atoms with Crippen LogP contribution in [-0.2, 0) is 24.0 Å². The average Bonchev–Trinajstić information content (AvgIpc) is 3.68. The van der Waals surface area contributed by atoms with Crippen LogP contribution in [0.15, 0.2) is 83.9 Å². The Kier molecular flexibility index (Phi) is 10.4. The molecule has 2 fully saturated rings. The Bertz CT molecular complexity index is 2270. The normalized spacial score (nSPS) is 18.7. The third-order valence-electron chi connectivity index (χ3n) is 11.2. The first-order valence-electron chi connectivity index (χ1n) is 18.9. The van der Waals surface area contributed by atoms with E-state index in [9.17, 15) is 0 Å². The van der Waals surface area contributed by atoms with Gasteiger partial charge in [-0.2, -0.15) is 13.2 Å². The van der Waals surface area contributed by atoms with Crippen molar-refractivity contribution < 1.29 is 36.5 Å². The maximum absolute atomic E-state index is 17.5. The predicted octanol–water partition coefficient (Wildman–Crippen LogP) is 9.16.